The van der Waals surface area contributed by atoms with E-state index in [0.29, 0.717) is 18.4 Å². The maximum absolute atomic E-state index is 13.6. The largest absolute Gasteiger partial charge is 0.327 e. The molecule has 1 aromatic carbocycles. The summed E-state index contributed by atoms with van der Waals surface area (Å²) in [5.74, 6) is -1.35. The van der Waals surface area contributed by atoms with E-state index in [0.717, 1.165) is 18.4 Å². The minimum Gasteiger partial charge on any atom is -0.316 e. The van der Waals surface area contributed by atoms with Crippen LogP contribution in [0.3, 0.4) is 0 Å². The molecule has 35 heavy (non-hydrogen) atoms. The molecule has 1 N–H and O–H groups in total. The first-order valence-corrected chi connectivity index (χ1v) is 13.5. The molecule has 1 aliphatic heterocycles. The molecular formula is C24H30FN5O4S. The SMILES string of the molecule is Cn1cc(CN2C(=O)C3CC(S(=O)(=O)NC4(C)CC4)CCC3N(Cc3ccc(F)cc3)C2=O)cn1. The van der Waals surface area contributed by atoms with Crippen molar-refractivity contribution in [2.24, 2.45) is 13.0 Å². The fourth-order valence-electron chi connectivity index (χ4n) is 5.20. The van der Waals surface area contributed by atoms with Crippen molar-refractivity contribution in [3.63, 3.8) is 0 Å². The quantitative estimate of drug-likeness (QED) is 0.625. The van der Waals surface area contributed by atoms with Crippen LogP contribution in [0.4, 0.5) is 9.18 Å². The van der Waals surface area contributed by atoms with Crippen LogP contribution in [0.2, 0.25) is 0 Å². The number of halogens is 1. The molecule has 9 nitrogen and oxygen atoms in total. The van der Waals surface area contributed by atoms with Gasteiger partial charge in [-0.3, -0.25) is 14.4 Å². The zero-order valence-electron chi connectivity index (χ0n) is 19.9. The van der Waals surface area contributed by atoms with Gasteiger partial charge in [-0.25, -0.2) is 22.3 Å². The highest BCUT2D eigenvalue weighted by Gasteiger charge is 2.52. The van der Waals surface area contributed by atoms with E-state index < -0.39 is 33.3 Å². The van der Waals surface area contributed by atoms with Crippen molar-refractivity contribution in [3.05, 3.63) is 53.6 Å². The first kappa shape index (κ1) is 23.9. The lowest BCUT2D eigenvalue weighted by Crippen LogP contribution is -2.63. The summed E-state index contributed by atoms with van der Waals surface area (Å²) in [4.78, 5) is 30.0. The number of carbonyl (C=O) groups is 2. The standard InChI is InChI=1S/C24H30FN5O4S/c1-24(9-10-24)27-35(33,34)19-7-8-21-20(11-19)22(31)30(15-17-12-26-28(2)13-17)23(32)29(21)14-16-3-5-18(25)6-4-16/h3-6,12-13,19-21,27H,7-11,14-15H2,1-2H3. The molecule has 1 saturated heterocycles. The third kappa shape index (κ3) is 4.84. The molecular weight excluding hydrogens is 473 g/mol. The molecule has 3 fully saturated rings. The zero-order valence-corrected chi connectivity index (χ0v) is 20.7. The summed E-state index contributed by atoms with van der Waals surface area (Å²) >= 11 is 0. The van der Waals surface area contributed by atoms with Gasteiger partial charge in [-0.05, 0) is 56.7 Å². The fraction of sp³-hybridized carbons (Fsp3) is 0.542. The molecule has 11 heteroatoms. The molecule has 2 heterocycles. The Labute approximate surface area is 204 Å². The van der Waals surface area contributed by atoms with E-state index in [-0.39, 0.29) is 36.8 Å². The van der Waals surface area contributed by atoms with Gasteiger partial charge in [0.05, 0.1) is 23.9 Å². The van der Waals surface area contributed by atoms with Crippen molar-refractivity contribution in [2.75, 3.05) is 0 Å². The Hall–Kier alpha value is -2.79. The van der Waals surface area contributed by atoms with Gasteiger partial charge in [0.1, 0.15) is 5.82 Å². The Morgan fingerprint density at radius 2 is 1.83 bits per heavy atom. The third-order valence-electron chi connectivity index (χ3n) is 7.42. The lowest BCUT2D eigenvalue weighted by Gasteiger charge is -2.48. The number of aromatic nitrogens is 2. The van der Waals surface area contributed by atoms with E-state index in [1.807, 2.05) is 6.92 Å². The Balaban J connectivity index is 1.43. The summed E-state index contributed by atoms with van der Waals surface area (Å²) in [6, 6.07) is 5.09. The molecule has 188 valence electrons. The molecule has 2 saturated carbocycles. The van der Waals surface area contributed by atoms with Crippen molar-refractivity contribution in [3.8, 4) is 0 Å². The van der Waals surface area contributed by atoms with Crippen molar-refractivity contribution in [1.82, 2.24) is 24.3 Å². The number of carbonyl (C=O) groups excluding carboxylic acids is 2. The van der Waals surface area contributed by atoms with E-state index in [2.05, 4.69) is 9.82 Å². The summed E-state index contributed by atoms with van der Waals surface area (Å²) in [6.45, 7) is 2.16. The second-order valence-electron chi connectivity index (χ2n) is 10.3. The van der Waals surface area contributed by atoms with E-state index in [9.17, 15) is 22.4 Å². The number of hydrogen-bond acceptors (Lipinski definition) is 5. The van der Waals surface area contributed by atoms with Crippen LogP contribution in [-0.4, -0.2) is 56.8 Å². The van der Waals surface area contributed by atoms with Gasteiger partial charge < -0.3 is 4.90 Å². The number of aryl methyl sites for hydroxylation is 1. The van der Waals surface area contributed by atoms with Crippen LogP contribution in [0.1, 0.15) is 50.2 Å². The number of hydrogen-bond donors (Lipinski definition) is 1. The number of nitrogens with one attached hydrogen (secondary N) is 1. The fourth-order valence-corrected chi connectivity index (χ4v) is 7.16. The highest BCUT2D eigenvalue weighted by Crippen LogP contribution is 2.40. The Bertz CT molecular complexity index is 1240. The van der Waals surface area contributed by atoms with Crippen molar-refractivity contribution < 1.29 is 22.4 Å². The number of benzene rings is 1. The number of amides is 3. The molecule has 3 aliphatic rings. The van der Waals surface area contributed by atoms with Crippen LogP contribution >= 0.6 is 0 Å². The Kier molecular flexibility index (Phi) is 5.95. The second kappa shape index (κ2) is 8.70. The summed E-state index contributed by atoms with van der Waals surface area (Å²) in [7, 11) is -1.85. The minimum atomic E-state index is -3.60. The predicted octanol–water partition coefficient (Wildman–Crippen LogP) is 2.53. The predicted molar refractivity (Wildman–Crippen MR) is 126 cm³/mol. The lowest BCUT2D eigenvalue weighted by molar-refractivity contribution is -0.141. The highest BCUT2D eigenvalue weighted by atomic mass is 32.2. The number of rotatable bonds is 7. The number of urea groups is 1. The average molecular weight is 504 g/mol. The normalized spacial score (nSPS) is 26.1. The summed E-state index contributed by atoms with van der Waals surface area (Å²) in [5, 5.41) is 3.44. The van der Waals surface area contributed by atoms with Crippen LogP contribution < -0.4 is 4.72 Å². The minimum absolute atomic E-state index is 0.0579. The lowest BCUT2D eigenvalue weighted by atomic mass is 9.80. The highest BCUT2D eigenvalue weighted by molar-refractivity contribution is 7.90. The number of nitrogens with zero attached hydrogens (tertiary/aromatic N) is 4. The smallest absolute Gasteiger partial charge is 0.316 e. The van der Waals surface area contributed by atoms with Gasteiger partial charge >= 0.3 is 6.03 Å². The van der Waals surface area contributed by atoms with Crippen molar-refractivity contribution >= 4 is 22.0 Å². The monoisotopic (exact) mass is 503 g/mol. The van der Waals surface area contributed by atoms with Gasteiger partial charge in [0, 0.05) is 36.9 Å². The summed E-state index contributed by atoms with van der Waals surface area (Å²) in [5.41, 5.74) is 1.06. The molecule has 3 unspecified atom stereocenters. The molecule has 1 aromatic heterocycles. The summed E-state index contributed by atoms with van der Waals surface area (Å²) in [6.07, 6.45) is 5.90. The van der Waals surface area contributed by atoms with Gasteiger partial charge in [0.25, 0.3) is 0 Å². The topological polar surface area (TPSA) is 105 Å². The van der Waals surface area contributed by atoms with Gasteiger partial charge in [-0.1, -0.05) is 12.1 Å². The number of imide groups is 1. The zero-order chi connectivity index (χ0) is 25.0. The van der Waals surface area contributed by atoms with Crippen LogP contribution in [-0.2, 0) is 35.0 Å². The Morgan fingerprint density at radius 1 is 1.11 bits per heavy atom. The first-order valence-electron chi connectivity index (χ1n) is 11.9. The molecule has 5 rings (SSSR count). The third-order valence-corrected chi connectivity index (χ3v) is 9.50. The molecule has 0 spiro atoms. The first-order chi connectivity index (χ1) is 16.5. The van der Waals surface area contributed by atoms with E-state index in [4.69, 9.17) is 0 Å². The molecule has 0 radical (unpaired) electrons. The molecule has 0 bridgehead atoms. The van der Waals surface area contributed by atoms with Gasteiger partial charge in [0.2, 0.25) is 15.9 Å². The van der Waals surface area contributed by atoms with Crippen molar-refractivity contribution in [1.29, 1.82) is 0 Å². The van der Waals surface area contributed by atoms with Crippen molar-refractivity contribution in [2.45, 2.75) is 68.9 Å². The molecule has 2 aliphatic carbocycles. The van der Waals surface area contributed by atoms with Gasteiger partial charge in [-0.2, -0.15) is 5.10 Å². The second-order valence-corrected chi connectivity index (χ2v) is 12.3. The van der Waals surface area contributed by atoms with Crippen LogP contribution in [0.25, 0.3) is 0 Å². The van der Waals surface area contributed by atoms with Gasteiger partial charge in [0.15, 0.2) is 0 Å². The van der Waals surface area contributed by atoms with Crippen LogP contribution in [0.5, 0.6) is 0 Å². The van der Waals surface area contributed by atoms with E-state index in [1.165, 1.54) is 17.0 Å². The van der Waals surface area contributed by atoms with Crippen LogP contribution in [0.15, 0.2) is 36.7 Å². The number of fused-ring (bicyclic) bond motifs is 1. The number of sulfonamides is 1. The molecule has 2 aromatic rings. The van der Waals surface area contributed by atoms with Gasteiger partial charge in [-0.15, -0.1) is 0 Å². The molecule has 3 atom stereocenters. The van der Waals surface area contributed by atoms with Crippen LogP contribution in [0, 0.1) is 11.7 Å². The maximum Gasteiger partial charge on any atom is 0.327 e. The maximum atomic E-state index is 13.6. The molecule has 3 amide bonds. The average Bonchev–Trinajstić information content (AvgIpc) is 3.38. The Morgan fingerprint density at radius 3 is 2.46 bits per heavy atom. The van der Waals surface area contributed by atoms with E-state index in [1.54, 1.807) is 41.2 Å². The summed E-state index contributed by atoms with van der Waals surface area (Å²) < 4.78 is 44.1. The van der Waals surface area contributed by atoms with E-state index >= 15 is 0 Å².